The Labute approximate surface area is 156 Å². The third-order valence-corrected chi connectivity index (χ3v) is 6.15. The molecule has 1 N–H and O–H groups in total. The van der Waals surface area contributed by atoms with Crippen molar-refractivity contribution in [3.05, 3.63) is 52.4 Å². The van der Waals surface area contributed by atoms with Crippen LogP contribution in [0, 0.1) is 0 Å². The minimum absolute atomic E-state index is 0.0400. The summed E-state index contributed by atoms with van der Waals surface area (Å²) in [5.41, 5.74) is 0. The molecule has 136 valence electrons. The van der Waals surface area contributed by atoms with E-state index in [4.69, 9.17) is 32.4 Å². The molecule has 2 heterocycles. The molecule has 25 heavy (non-hydrogen) atoms. The summed E-state index contributed by atoms with van der Waals surface area (Å²) in [6, 6.07) is 7.73. The average Bonchev–Trinajstić information content (AvgIpc) is 3.12. The third-order valence-electron chi connectivity index (χ3n) is 4.01. The fourth-order valence-corrected chi connectivity index (χ4v) is 4.53. The molecule has 1 unspecified atom stereocenters. The average molecular weight is 405 g/mol. The van der Waals surface area contributed by atoms with E-state index in [0.29, 0.717) is 37.1 Å². The number of halogens is 2. The number of furan rings is 1. The molecule has 1 saturated heterocycles. The van der Waals surface area contributed by atoms with Gasteiger partial charge in [0.05, 0.1) is 30.5 Å². The minimum atomic E-state index is -3.80. The molecule has 0 radical (unpaired) electrons. The summed E-state index contributed by atoms with van der Waals surface area (Å²) in [4.78, 5) is 2.09. The maximum absolute atomic E-state index is 12.6. The van der Waals surface area contributed by atoms with E-state index in [2.05, 4.69) is 9.62 Å². The SMILES string of the molecule is O=S(=O)(NCC(c1ccco1)N1CCOCC1)c1cc(Cl)ccc1Cl. The van der Waals surface area contributed by atoms with Gasteiger partial charge >= 0.3 is 0 Å². The Bertz CT molecular complexity index is 806. The lowest BCUT2D eigenvalue weighted by molar-refractivity contribution is 0.0128. The van der Waals surface area contributed by atoms with E-state index >= 15 is 0 Å². The van der Waals surface area contributed by atoms with Crippen molar-refractivity contribution in [2.75, 3.05) is 32.8 Å². The zero-order valence-corrected chi connectivity index (χ0v) is 15.6. The van der Waals surface area contributed by atoms with Crippen LogP contribution in [0.1, 0.15) is 11.8 Å². The van der Waals surface area contributed by atoms with E-state index in [1.54, 1.807) is 18.4 Å². The first kappa shape index (κ1) is 18.7. The van der Waals surface area contributed by atoms with Crippen LogP contribution in [0.4, 0.5) is 0 Å². The highest BCUT2D eigenvalue weighted by Crippen LogP contribution is 2.26. The van der Waals surface area contributed by atoms with E-state index in [1.807, 2.05) is 6.07 Å². The monoisotopic (exact) mass is 404 g/mol. The minimum Gasteiger partial charge on any atom is -0.468 e. The molecular formula is C16H18Cl2N2O4S. The summed E-state index contributed by atoms with van der Waals surface area (Å²) in [6.45, 7) is 2.75. The van der Waals surface area contributed by atoms with Crippen molar-refractivity contribution in [3.63, 3.8) is 0 Å². The first-order valence-corrected chi connectivity index (χ1v) is 10.0. The van der Waals surface area contributed by atoms with Gasteiger partial charge in [0.15, 0.2) is 0 Å². The summed E-state index contributed by atoms with van der Waals surface area (Å²) in [5.74, 6) is 0.696. The number of hydrogen-bond acceptors (Lipinski definition) is 5. The summed E-state index contributed by atoms with van der Waals surface area (Å²) in [6.07, 6.45) is 1.57. The van der Waals surface area contributed by atoms with Crippen molar-refractivity contribution >= 4 is 33.2 Å². The van der Waals surface area contributed by atoms with Crippen LogP contribution >= 0.6 is 23.2 Å². The molecule has 1 aliphatic heterocycles. The molecule has 0 saturated carbocycles. The van der Waals surface area contributed by atoms with Crippen LogP contribution in [0.2, 0.25) is 10.0 Å². The Morgan fingerprint density at radius 1 is 1.20 bits per heavy atom. The van der Waals surface area contributed by atoms with Gasteiger partial charge in [0.2, 0.25) is 10.0 Å². The molecule has 1 aliphatic rings. The van der Waals surface area contributed by atoms with E-state index in [1.165, 1.54) is 12.1 Å². The van der Waals surface area contributed by atoms with Crippen LogP contribution in [0.25, 0.3) is 0 Å². The predicted octanol–water partition coefficient (Wildman–Crippen LogP) is 2.94. The second kappa shape index (κ2) is 8.07. The van der Waals surface area contributed by atoms with Crippen LogP contribution < -0.4 is 4.72 Å². The molecular weight excluding hydrogens is 387 g/mol. The van der Waals surface area contributed by atoms with E-state index in [9.17, 15) is 8.42 Å². The topological polar surface area (TPSA) is 71.8 Å². The van der Waals surface area contributed by atoms with Gasteiger partial charge in [0.25, 0.3) is 0 Å². The van der Waals surface area contributed by atoms with Crippen molar-refractivity contribution in [1.82, 2.24) is 9.62 Å². The molecule has 1 aromatic carbocycles. The van der Waals surface area contributed by atoms with Gasteiger partial charge in [-0.15, -0.1) is 0 Å². The van der Waals surface area contributed by atoms with Crippen LogP contribution in [0.5, 0.6) is 0 Å². The Hall–Kier alpha value is -1.09. The van der Waals surface area contributed by atoms with Gasteiger partial charge in [-0.2, -0.15) is 0 Å². The van der Waals surface area contributed by atoms with E-state index < -0.39 is 10.0 Å². The number of ether oxygens (including phenoxy) is 1. The number of rotatable bonds is 6. The molecule has 2 aromatic rings. The molecule has 1 atom stereocenters. The lowest BCUT2D eigenvalue weighted by Crippen LogP contribution is -2.43. The quantitative estimate of drug-likeness (QED) is 0.800. The highest BCUT2D eigenvalue weighted by Gasteiger charge is 2.27. The fourth-order valence-electron chi connectivity index (χ4n) is 2.73. The smallest absolute Gasteiger partial charge is 0.242 e. The predicted molar refractivity (Wildman–Crippen MR) is 95.5 cm³/mol. The molecule has 6 nitrogen and oxygen atoms in total. The van der Waals surface area contributed by atoms with Gasteiger partial charge in [-0.05, 0) is 30.3 Å². The molecule has 1 aromatic heterocycles. The zero-order chi connectivity index (χ0) is 17.9. The molecule has 0 amide bonds. The fraction of sp³-hybridized carbons (Fsp3) is 0.375. The lowest BCUT2D eigenvalue weighted by Gasteiger charge is -2.33. The standard InChI is InChI=1S/C16H18Cl2N2O4S/c17-12-3-4-13(18)16(10-12)25(21,22)19-11-14(15-2-1-7-24-15)20-5-8-23-9-6-20/h1-4,7,10,14,19H,5-6,8-9,11H2. The number of nitrogens with zero attached hydrogens (tertiary/aromatic N) is 1. The van der Waals surface area contributed by atoms with Crippen LogP contribution in [0.15, 0.2) is 45.9 Å². The molecule has 1 fully saturated rings. The Morgan fingerprint density at radius 3 is 2.64 bits per heavy atom. The van der Waals surface area contributed by atoms with Crippen molar-refractivity contribution in [2.24, 2.45) is 0 Å². The van der Waals surface area contributed by atoms with Crippen molar-refractivity contribution in [2.45, 2.75) is 10.9 Å². The largest absolute Gasteiger partial charge is 0.468 e. The lowest BCUT2D eigenvalue weighted by atomic mass is 10.2. The zero-order valence-electron chi connectivity index (χ0n) is 13.3. The van der Waals surface area contributed by atoms with Crippen LogP contribution in [-0.4, -0.2) is 46.2 Å². The summed E-state index contributed by atoms with van der Waals surface area (Å²) >= 11 is 11.9. The highest BCUT2D eigenvalue weighted by atomic mass is 35.5. The summed E-state index contributed by atoms with van der Waals surface area (Å²) < 4.78 is 38.7. The Balaban J connectivity index is 1.79. The summed E-state index contributed by atoms with van der Waals surface area (Å²) in [5, 5.41) is 0.429. The number of nitrogens with one attached hydrogen (secondary N) is 1. The molecule has 0 spiro atoms. The summed E-state index contributed by atoms with van der Waals surface area (Å²) in [7, 11) is -3.80. The number of morpholine rings is 1. The first-order chi connectivity index (χ1) is 12.0. The number of benzene rings is 1. The maximum atomic E-state index is 12.6. The van der Waals surface area contributed by atoms with E-state index in [-0.39, 0.29) is 22.5 Å². The van der Waals surface area contributed by atoms with Gasteiger partial charge in [0, 0.05) is 24.7 Å². The molecule has 3 rings (SSSR count). The number of hydrogen-bond donors (Lipinski definition) is 1. The molecule has 9 heteroatoms. The second-order valence-electron chi connectivity index (χ2n) is 5.61. The second-order valence-corrected chi connectivity index (χ2v) is 8.19. The van der Waals surface area contributed by atoms with Gasteiger partial charge in [0.1, 0.15) is 10.7 Å². The Morgan fingerprint density at radius 2 is 1.96 bits per heavy atom. The van der Waals surface area contributed by atoms with Crippen molar-refractivity contribution in [3.8, 4) is 0 Å². The van der Waals surface area contributed by atoms with E-state index in [0.717, 1.165) is 0 Å². The van der Waals surface area contributed by atoms with Crippen LogP contribution in [0.3, 0.4) is 0 Å². The van der Waals surface area contributed by atoms with Crippen molar-refractivity contribution < 1.29 is 17.6 Å². The van der Waals surface area contributed by atoms with Crippen molar-refractivity contribution in [1.29, 1.82) is 0 Å². The van der Waals surface area contributed by atoms with Crippen LogP contribution in [-0.2, 0) is 14.8 Å². The van der Waals surface area contributed by atoms with Gasteiger partial charge in [-0.25, -0.2) is 13.1 Å². The first-order valence-electron chi connectivity index (χ1n) is 7.77. The maximum Gasteiger partial charge on any atom is 0.242 e. The van der Waals surface area contributed by atoms with Gasteiger partial charge < -0.3 is 9.15 Å². The normalized spacial score (nSPS) is 17.5. The Kier molecular flexibility index (Phi) is 6.04. The third kappa shape index (κ3) is 4.55. The number of sulfonamides is 1. The highest BCUT2D eigenvalue weighted by molar-refractivity contribution is 7.89. The molecule has 0 aliphatic carbocycles. The van der Waals surface area contributed by atoms with Gasteiger partial charge in [-0.3, -0.25) is 4.90 Å². The molecule has 0 bridgehead atoms. The van der Waals surface area contributed by atoms with Gasteiger partial charge in [-0.1, -0.05) is 23.2 Å².